The van der Waals surface area contributed by atoms with Gasteiger partial charge in [0.15, 0.2) is 12.6 Å². The minimum Gasteiger partial charge on any atom is -0.388 e. The molecule has 0 aromatic carbocycles. The Balaban J connectivity index is 2.22. The van der Waals surface area contributed by atoms with Crippen molar-refractivity contribution < 1.29 is 58.8 Å². The molecular weight excluding hydrogens is 700 g/mol. The molecule has 3 heterocycles. The summed E-state index contributed by atoms with van der Waals surface area (Å²) >= 11 is 0. The number of rotatable bonds is 7. The molecule has 54 heavy (non-hydrogen) atoms. The molecule has 5 unspecified atom stereocenters. The molecule has 0 radical (unpaired) electrons. The van der Waals surface area contributed by atoms with Gasteiger partial charge in [-0.2, -0.15) is 0 Å². The fourth-order valence-corrected chi connectivity index (χ4v) is 9.36. The summed E-state index contributed by atoms with van der Waals surface area (Å²) in [5.74, 6) is -3.17. The van der Waals surface area contributed by atoms with Gasteiger partial charge in [0.2, 0.25) is 5.91 Å². The van der Waals surface area contributed by atoms with Crippen LogP contribution in [0.4, 0.5) is 0 Å². The maximum atomic E-state index is 14.5. The van der Waals surface area contributed by atoms with E-state index in [1.165, 1.54) is 25.9 Å². The molecule has 0 aromatic rings. The summed E-state index contributed by atoms with van der Waals surface area (Å²) in [4.78, 5) is 31.0. The van der Waals surface area contributed by atoms with Crippen molar-refractivity contribution in [1.82, 2.24) is 9.80 Å². The Kier molecular flexibility index (Phi) is 16.1. The van der Waals surface area contributed by atoms with E-state index >= 15 is 0 Å². The third-order valence-corrected chi connectivity index (χ3v) is 12.9. The standard InChI is InChI=1S/C40H74N2O12/c1-15-28-17-30(44)23(4)33(53-31-19-39(10,50-14)35(47)26(7)52-31)24(5)36(54-37-32(45)29(41(12)13)16-22(3)51-37)38(9,48)18-21(2)20-42(27(8)43)25(6)34(46)40(28,11)49/h21-26,28-29,31-37,45-49H,15-20H2,1-14H3/t21-,22?,23+,24+,25-,26?,28+,29?,31+,32?,33-,34-,35+,36-,37+,38-,39?,40-/m1/s1. The van der Waals surface area contributed by atoms with Gasteiger partial charge >= 0.3 is 0 Å². The minimum absolute atomic E-state index is 0.109. The van der Waals surface area contributed by atoms with Crippen LogP contribution < -0.4 is 0 Å². The van der Waals surface area contributed by atoms with Crippen LogP contribution in [0.3, 0.4) is 0 Å². The molecule has 316 valence electrons. The Hall–Kier alpha value is -1.30. The maximum absolute atomic E-state index is 14.5. The van der Waals surface area contributed by atoms with Crippen LogP contribution in [0.5, 0.6) is 0 Å². The third-order valence-electron chi connectivity index (χ3n) is 12.9. The van der Waals surface area contributed by atoms with Crippen LogP contribution in [0.1, 0.15) is 108 Å². The van der Waals surface area contributed by atoms with Gasteiger partial charge in [0, 0.05) is 51.3 Å². The van der Waals surface area contributed by atoms with E-state index in [1.807, 2.05) is 46.7 Å². The lowest BCUT2D eigenvalue weighted by molar-refractivity contribution is -0.317. The Morgan fingerprint density at radius 2 is 1.57 bits per heavy atom. The first-order chi connectivity index (χ1) is 24.8. The molecule has 0 spiro atoms. The van der Waals surface area contributed by atoms with E-state index < -0.39 is 89.8 Å². The molecule has 3 fully saturated rings. The Labute approximate surface area is 323 Å². The number of aliphatic hydroxyl groups excluding tert-OH is 3. The maximum Gasteiger partial charge on any atom is 0.219 e. The lowest BCUT2D eigenvalue weighted by Gasteiger charge is -2.49. The van der Waals surface area contributed by atoms with Crippen molar-refractivity contribution in [3.63, 3.8) is 0 Å². The van der Waals surface area contributed by atoms with Crippen LogP contribution in [0.25, 0.3) is 0 Å². The Morgan fingerprint density at radius 3 is 2.11 bits per heavy atom. The fraction of sp³-hybridized carbons (Fsp3) is 0.950. The number of nitrogens with zero attached hydrogens (tertiary/aromatic N) is 2. The van der Waals surface area contributed by atoms with Crippen molar-refractivity contribution in [3.8, 4) is 0 Å². The van der Waals surface area contributed by atoms with E-state index in [0.717, 1.165) is 0 Å². The number of hydrogen-bond acceptors (Lipinski definition) is 13. The molecule has 3 aliphatic heterocycles. The van der Waals surface area contributed by atoms with Gasteiger partial charge in [0.1, 0.15) is 24.1 Å². The average Bonchev–Trinajstić information content (AvgIpc) is 3.08. The summed E-state index contributed by atoms with van der Waals surface area (Å²) in [6.07, 6.45) is -7.37. The summed E-state index contributed by atoms with van der Waals surface area (Å²) in [7, 11) is 5.26. The van der Waals surface area contributed by atoms with Gasteiger partial charge in [0.25, 0.3) is 0 Å². The fourth-order valence-electron chi connectivity index (χ4n) is 9.36. The van der Waals surface area contributed by atoms with Gasteiger partial charge in [-0.05, 0) is 80.3 Å². The highest BCUT2D eigenvalue weighted by atomic mass is 16.7. The zero-order valence-corrected chi connectivity index (χ0v) is 35.4. The number of amides is 1. The van der Waals surface area contributed by atoms with Crippen molar-refractivity contribution >= 4 is 11.7 Å². The molecule has 3 rings (SSSR count). The number of carbonyl (C=O) groups excluding carboxylic acids is 2. The number of Topliss-reactive ketones (excluding diaryl/α,β-unsaturated/α-hetero) is 1. The van der Waals surface area contributed by atoms with Crippen LogP contribution in [-0.2, 0) is 33.3 Å². The Morgan fingerprint density at radius 1 is 0.963 bits per heavy atom. The number of likely N-dealkylation sites (N-methyl/N-ethyl adjacent to an activating group) is 1. The van der Waals surface area contributed by atoms with Gasteiger partial charge in [-0.1, -0.05) is 34.1 Å². The highest BCUT2D eigenvalue weighted by molar-refractivity contribution is 5.81. The predicted molar refractivity (Wildman–Crippen MR) is 202 cm³/mol. The lowest BCUT2D eigenvalue weighted by atomic mass is 9.74. The lowest BCUT2D eigenvalue weighted by Crippen LogP contribution is -2.60. The summed E-state index contributed by atoms with van der Waals surface area (Å²) in [6.45, 7) is 19.1. The van der Waals surface area contributed by atoms with E-state index in [1.54, 1.807) is 34.6 Å². The number of carbonyl (C=O) groups is 2. The normalized spacial score (nSPS) is 48.0. The molecule has 1 amide bonds. The average molecular weight is 775 g/mol. The molecule has 14 nitrogen and oxygen atoms in total. The summed E-state index contributed by atoms with van der Waals surface area (Å²) in [5, 5.41) is 58.7. The van der Waals surface area contributed by atoms with Crippen molar-refractivity contribution in [2.24, 2.45) is 23.7 Å². The van der Waals surface area contributed by atoms with E-state index in [9.17, 15) is 35.1 Å². The number of ketones is 1. The van der Waals surface area contributed by atoms with E-state index in [0.29, 0.717) is 12.8 Å². The number of methoxy groups -OCH3 is 1. The van der Waals surface area contributed by atoms with Crippen LogP contribution in [0, 0.1) is 23.7 Å². The van der Waals surface area contributed by atoms with E-state index in [2.05, 4.69) is 0 Å². The third kappa shape index (κ3) is 10.4. The molecule has 0 bridgehead atoms. The zero-order chi connectivity index (χ0) is 41.2. The second kappa shape index (κ2) is 18.5. The van der Waals surface area contributed by atoms with Gasteiger partial charge < -0.3 is 59.0 Å². The molecule has 0 aliphatic carbocycles. The number of aliphatic hydroxyl groups is 5. The number of ether oxygens (including phenoxy) is 5. The molecule has 18 atom stereocenters. The van der Waals surface area contributed by atoms with Crippen LogP contribution in [0.2, 0.25) is 0 Å². The Bertz CT molecular complexity index is 1240. The first kappa shape index (κ1) is 47.1. The summed E-state index contributed by atoms with van der Waals surface area (Å²) in [5.41, 5.74) is -4.40. The van der Waals surface area contributed by atoms with Crippen LogP contribution in [0.15, 0.2) is 0 Å². The molecule has 14 heteroatoms. The summed E-state index contributed by atoms with van der Waals surface area (Å²) in [6, 6.07) is -1.11. The highest BCUT2D eigenvalue weighted by Crippen LogP contribution is 2.41. The van der Waals surface area contributed by atoms with Crippen LogP contribution >= 0.6 is 0 Å². The van der Waals surface area contributed by atoms with E-state index in [-0.39, 0.29) is 55.6 Å². The number of hydrogen-bond donors (Lipinski definition) is 5. The molecule has 5 N–H and O–H groups in total. The van der Waals surface area contributed by atoms with Crippen molar-refractivity contribution in [2.75, 3.05) is 27.7 Å². The zero-order valence-electron chi connectivity index (χ0n) is 35.4. The largest absolute Gasteiger partial charge is 0.388 e. The molecule has 0 aromatic heterocycles. The molecule has 3 aliphatic rings. The van der Waals surface area contributed by atoms with Crippen LogP contribution in [-0.4, -0.2) is 159 Å². The molecule has 0 saturated carbocycles. The quantitative estimate of drug-likeness (QED) is 0.254. The first-order valence-corrected chi connectivity index (χ1v) is 19.9. The van der Waals surface area contributed by atoms with Crippen molar-refractivity contribution in [1.29, 1.82) is 0 Å². The van der Waals surface area contributed by atoms with Crippen molar-refractivity contribution in [2.45, 2.75) is 192 Å². The second-order valence-electron chi connectivity index (χ2n) is 17.8. The SMILES string of the molecule is CC[C@H]1CC(=O)[C@H](C)[C@@H](O[C@H]2CC(C)(OC)[C@@H](O)C(C)O2)[C@H](C)[C@@H](O[C@@H]2OC(C)CC(N(C)C)C2O)[C@](C)(O)C[C@@H](C)CN(C(C)=O)[C@H](C)[C@@H](O)[C@]1(C)O. The van der Waals surface area contributed by atoms with Gasteiger partial charge in [-0.3, -0.25) is 9.59 Å². The first-order valence-electron chi connectivity index (χ1n) is 19.9. The van der Waals surface area contributed by atoms with Crippen molar-refractivity contribution in [3.05, 3.63) is 0 Å². The van der Waals surface area contributed by atoms with Gasteiger partial charge in [-0.15, -0.1) is 0 Å². The molecule has 3 saturated heterocycles. The molecular formula is C40H74N2O12. The second-order valence-corrected chi connectivity index (χ2v) is 17.8. The predicted octanol–water partition coefficient (Wildman–Crippen LogP) is 2.48. The smallest absolute Gasteiger partial charge is 0.219 e. The van der Waals surface area contributed by atoms with Gasteiger partial charge in [0.05, 0.1) is 47.3 Å². The van der Waals surface area contributed by atoms with Gasteiger partial charge in [-0.25, -0.2) is 0 Å². The monoisotopic (exact) mass is 775 g/mol. The topological polar surface area (TPSA) is 188 Å². The minimum atomic E-state index is -1.74. The summed E-state index contributed by atoms with van der Waals surface area (Å²) < 4.78 is 31.6. The highest BCUT2D eigenvalue weighted by Gasteiger charge is 2.52. The van der Waals surface area contributed by atoms with E-state index in [4.69, 9.17) is 23.7 Å².